The van der Waals surface area contributed by atoms with Crippen LogP contribution >= 0.6 is 11.3 Å². The zero-order valence-electron chi connectivity index (χ0n) is 21.9. The van der Waals surface area contributed by atoms with Crippen molar-refractivity contribution in [1.82, 2.24) is 4.90 Å². The molecule has 0 radical (unpaired) electrons. The number of rotatable bonds is 5. The van der Waals surface area contributed by atoms with E-state index in [2.05, 4.69) is 55.3 Å². The Morgan fingerprint density at radius 1 is 1.16 bits per heavy atom. The van der Waals surface area contributed by atoms with Gasteiger partial charge in [-0.2, -0.15) is 0 Å². The van der Waals surface area contributed by atoms with Crippen LogP contribution in [0.3, 0.4) is 0 Å². The third-order valence-corrected chi connectivity index (χ3v) is 12.4. The molecule has 4 bridgehead atoms. The van der Waals surface area contributed by atoms with Gasteiger partial charge in [0, 0.05) is 44.5 Å². The highest BCUT2D eigenvalue weighted by molar-refractivity contribution is 7.19. The molecule has 6 aliphatic rings. The third-order valence-electron chi connectivity index (χ3n) is 11.3. The van der Waals surface area contributed by atoms with Crippen LogP contribution in [0.1, 0.15) is 48.6 Å². The topological polar surface area (TPSA) is 51.2 Å². The number of likely N-dealkylation sites (N-methyl/N-ethyl adjacent to an activating group) is 1. The highest BCUT2D eigenvalue weighted by Crippen LogP contribution is 2.78. The van der Waals surface area contributed by atoms with Crippen molar-refractivity contribution in [3.05, 3.63) is 58.5 Å². The maximum atomic E-state index is 11.0. The van der Waals surface area contributed by atoms with E-state index in [1.54, 1.807) is 0 Å². The van der Waals surface area contributed by atoms with Gasteiger partial charge >= 0.3 is 0 Å². The summed E-state index contributed by atoms with van der Waals surface area (Å²) in [5.74, 6) is 1.01. The number of ether oxygens (including phenoxy) is 3. The highest BCUT2D eigenvalue weighted by atomic mass is 32.1. The van der Waals surface area contributed by atoms with Crippen LogP contribution in [-0.4, -0.2) is 55.1 Å². The number of thiophene rings is 1. The summed E-state index contributed by atoms with van der Waals surface area (Å²) in [6.45, 7) is 4.69. The Hall–Kier alpha value is -2.12. The van der Waals surface area contributed by atoms with Gasteiger partial charge < -0.3 is 24.2 Å². The Morgan fingerprint density at radius 3 is 2.86 bits per heavy atom. The molecule has 3 aromatic rings. The van der Waals surface area contributed by atoms with Crippen molar-refractivity contribution in [2.45, 2.75) is 68.8 Å². The number of likely N-dealkylation sites (tertiary alicyclic amines) is 1. The Balaban J connectivity index is 1.21. The number of hydrogen-bond acceptors (Lipinski definition) is 6. The number of nitrogens with zero attached hydrogens (tertiary/aromatic N) is 1. The predicted octanol–water partition coefficient (Wildman–Crippen LogP) is 5.66. The Kier molecular flexibility index (Phi) is 4.50. The van der Waals surface area contributed by atoms with Gasteiger partial charge in [-0.15, -0.1) is 11.3 Å². The molecule has 6 heteroatoms. The Labute approximate surface area is 222 Å². The zero-order valence-corrected chi connectivity index (χ0v) is 22.7. The van der Waals surface area contributed by atoms with Gasteiger partial charge in [0.15, 0.2) is 11.5 Å². The third kappa shape index (κ3) is 2.52. The second-order valence-electron chi connectivity index (χ2n) is 12.6. The molecular weight excluding hydrogens is 482 g/mol. The molecule has 1 N–H and O–H groups in total. The molecule has 1 saturated heterocycles. The maximum Gasteiger partial charge on any atom is 0.165 e. The summed E-state index contributed by atoms with van der Waals surface area (Å²) in [5.41, 5.74) is 1.99. The Bertz CT molecular complexity index is 1400. The first-order valence-electron chi connectivity index (χ1n) is 13.7. The Morgan fingerprint density at radius 2 is 2.03 bits per heavy atom. The average Bonchev–Trinajstić information content (AvgIpc) is 3.47. The molecule has 5 nitrogen and oxygen atoms in total. The number of hydrogen-bond donors (Lipinski definition) is 1. The van der Waals surface area contributed by atoms with E-state index >= 15 is 0 Å². The smallest absolute Gasteiger partial charge is 0.165 e. The number of phenolic OH excluding ortho intramolecular Hbond substituents is 1. The fourth-order valence-corrected chi connectivity index (χ4v) is 10.9. The summed E-state index contributed by atoms with van der Waals surface area (Å²) in [7, 11) is 4.19. The van der Waals surface area contributed by atoms with E-state index in [1.807, 2.05) is 24.5 Å². The van der Waals surface area contributed by atoms with Crippen LogP contribution in [0.25, 0.3) is 10.1 Å². The minimum absolute atomic E-state index is 0.0900. The lowest BCUT2D eigenvalue weighted by Gasteiger charge is -2.76. The molecule has 3 heterocycles. The standard InChI is InChI=1S/C31H35NO4S/c1-28(18-35-16-21-14-19-6-4-5-7-23(19)37-21)17-29-10-11-31(28,34-3)27-30(29)12-13-32(2)24(29)15-20-8-9-22(33)26(36-27)25(20)30/h4-9,14,24,27,33H,10-13,15-18H2,1-3H3/t24-,27-,28-,29-,30+,31+/m1/s1. The van der Waals surface area contributed by atoms with Crippen molar-refractivity contribution in [2.24, 2.45) is 10.8 Å². The summed E-state index contributed by atoms with van der Waals surface area (Å²) >= 11 is 1.82. The van der Waals surface area contributed by atoms with Crippen molar-refractivity contribution in [3.63, 3.8) is 0 Å². The fraction of sp³-hybridized carbons (Fsp3) is 0.548. The molecule has 4 aliphatic carbocycles. The fourth-order valence-electron chi connectivity index (χ4n) is 9.91. The van der Waals surface area contributed by atoms with Gasteiger partial charge in [0.25, 0.3) is 0 Å². The molecule has 4 fully saturated rings. The first kappa shape index (κ1) is 22.8. The van der Waals surface area contributed by atoms with E-state index in [9.17, 15) is 5.11 Å². The molecule has 0 unspecified atom stereocenters. The number of aromatic hydroxyl groups is 1. The van der Waals surface area contributed by atoms with Crippen molar-refractivity contribution in [2.75, 3.05) is 27.3 Å². The van der Waals surface area contributed by atoms with Crippen molar-refractivity contribution >= 4 is 21.4 Å². The minimum Gasteiger partial charge on any atom is -0.504 e. The SMILES string of the molecule is CO[C@]12CC[C@@]3(C[C@]1(C)COCc1cc4ccccc4s1)[C@H]1Cc4ccc(O)c5c4[C@@]3(CCN1C)[C@H]2O5. The average molecular weight is 518 g/mol. The van der Waals surface area contributed by atoms with E-state index in [-0.39, 0.29) is 28.1 Å². The normalized spacial score (nSPS) is 39.1. The second kappa shape index (κ2) is 7.29. The van der Waals surface area contributed by atoms with Crippen molar-refractivity contribution < 1.29 is 19.3 Å². The molecule has 1 aromatic heterocycles. The van der Waals surface area contributed by atoms with E-state index in [4.69, 9.17) is 14.2 Å². The number of methoxy groups -OCH3 is 1. The number of fused-ring (bicyclic) bond motifs is 3. The van der Waals surface area contributed by atoms with Crippen LogP contribution in [0.15, 0.2) is 42.5 Å². The molecule has 194 valence electrons. The van der Waals surface area contributed by atoms with Crippen LogP contribution in [-0.2, 0) is 27.9 Å². The van der Waals surface area contributed by atoms with Crippen molar-refractivity contribution in [1.29, 1.82) is 0 Å². The molecule has 2 aromatic carbocycles. The van der Waals surface area contributed by atoms with E-state index in [0.29, 0.717) is 19.3 Å². The number of benzene rings is 2. The second-order valence-corrected chi connectivity index (χ2v) is 13.8. The zero-order chi connectivity index (χ0) is 25.2. The summed E-state index contributed by atoms with van der Waals surface area (Å²) in [6.07, 6.45) is 5.13. The summed E-state index contributed by atoms with van der Waals surface area (Å²) in [6, 6.07) is 15.3. The maximum absolute atomic E-state index is 11.0. The molecule has 6 atom stereocenters. The van der Waals surface area contributed by atoms with Crippen LogP contribution in [0.4, 0.5) is 0 Å². The van der Waals surface area contributed by atoms with Gasteiger partial charge in [-0.25, -0.2) is 0 Å². The summed E-state index contributed by atoms with van der Waals surface area (Å²) < 4.78 is 21.5. The predicted molar refractivity (Wildman–Crippen MR) is 145 cm³/mol. The van der Waals surface area contributed by atoms with Crippen LogP contribution in [0, 0.1) is 10.8 Å². The first-order valence-corrected chi connectivity index (χ1v) is 14.5. The van der Waals surface area contributed by atoms with E-state index in [0.717, 1.165) is 44.4 Å². The highest BCUT2D eigenvalue weighted by Gasteiger charge is 2.82. The van der Waals surface area contributed by atoms with E-state index in [1.165, 1.54) is 26.1 Å². The largest absolute Gasteiger partial charge is 0.504 e. The minimum atomic E-state index is -0.463. The molecule has 2 aliphatic heterocycles. The number of phenols is 1. The first-order chi connectivity index (χ1) is 17.9. The van der Waals surface area contributed by atoms with Gasteiger partial charge in [0.2, 0.25) is 0 Å². The van der Waals surface area contributed by atoms with Gasteiger partial charge in [-0.3, -0.25) is 0 Å². The molecule has 3 saturated carbocycles. The number of piperidine rings is 1. The van der Waals surface area contributed by atoms with Crippen molar-refractivity contribution in [3.8, 4) is 11.5 Å². The lowest BCUT2D eigenvalue weighted by Crippen LogP contribution is -2.83. The van der Waals surface area contributed by atoms with Gasteiger partial charge in [-0.05, 0) is 74.8 Å². The van der Waals surface area contributed by atoms with Gasteiger partial charge in [0.05, 0.1) is 13.2 Å². The van der Waals surface area contributed by atoms with Gasteiger partial charge in [-0.1, -0.05) is 31.2 Å². The van der Waals surface area contributed by atoms with Crippen LogP contribution < -0.4 is 4.74 Å². The summed E-state index contributed by atoms with van der Waals surface area (Å²) in [5, 5.41) is 12.3. The molecule has 37 heavy (non-hydrogen) atoms. The monoisotopic (exact) mass is 517 g/mol. The van der Waals surface area contributed by atoms with Crippen LogP contribution in [0.2, 0.25) is 0 Å². The summed E-state index contributed by atoms with van der Waals surface area (Å²) in [4.78, 5) is 3.87. The molecule has 2 spiro atoms. The van der Waals surface area contributed by atoms with E-state index < -0.39 is 5.60 Å². The van der Waals surface area contributed by atoms with Crippen LogP contribution in [0.5, 0.6) is 11.5 Å². The molecule has 9 rings (SSSR count). The quantitative estimate of drug-likeness (QED) is 0.474. The molecule has 0 amide bonds. The van der Waals surface area contributed by atoms with Gasteiger partial charge in [0.1, 0.15) is 11.7 Å². The molecular formula is C31H35NO4S. The lowest BCUT2D eigenvalue weighted by molar-refractivity contribution is -0.313. The lowest BCUT2D eigenvalue weighted by atomic mass is 9.32.